The third-order valence-corrected chi connectivity index (χ3v) is 5.04. The van der Waals surface area contributed by atoms with Gasteiger partial charge in [0.2, 0.25) is 0 Å². The van der Waals surface area contributed by atoms with Crippen LogP contribution in [0.25, 0.3) is 6.08 Å². The zero-order valence-electron chi connectivity index (χ0n) is 18.3. The second-order valence-corrected chi connectivity index (χ2v) is 7.31. The summed E-state index contributed by atoms with van der Waals surface area (Å²) in [5, 5.41) is 2.19. The van der Waals surface area contributed by atoms with E-state index in [1.165, 1.54) is 12.1 Å². The molecule has 0 saturated carbocycles. The van der Waals surface area contributed by atoms with Crippen LogP contribution in [0.3, 0.4) is 0 Å². The molecule has 1 saturated heterocycles. The molecule has 1 N–H and O–H groups in total. The summed E-state index contributed by atoms with van der Waals surface area (Å²) in [4.78, 5) is 38.6. The molecular formula is C26H21FN2O5. The van der Waals surface area contributed by atoms with E-state index in [0.717, 1.165) is 4.90 Å². The Labute approximate surface area is 195 Å². The molecule has 4 amide bonds. The molecule has 8 heteroatoms. The summed E-state index contributed by atoms with van der Waals surface area (Å²) in [5.41, 5.74) is 1.02. The molecule has 0 aromatic heterocycles. The normalized spacial score (nSPS) is 14.8. The Morgan fingerprint density at radius 3 is 2.38 bits per heavy atom. The summed E-state index contributed by atoms with van der Waals surface area (Å²) in [6.45, 7) is 2.14. The Bertz CT molecular complexity index is 1270. The number of nitrogens with zero attached hydrogens (tertiary/aromatic N) is 1. The van der Waals surface area contributed by atoms with Crippen molar-refractivity contribution in [1.29, 1.82) is 0 Å². The largest absolute Gasteiger partial charge is 0.490 e. The van der Waals surface area contributed by atoms with Crippen LogP contribution in [0.15, 0.2) is 78.4 Å². The number of halogens is 1. The molecular weight excluding hydrogens is 439 g/mol. The zero-order chi connectivity index (χ0) is 24.1. The van der Waals surface area contributed by atoms with Gasteiger partial charge in [-0.2, -0.15) is 0 Å². The Hall–Kier alpha value is -4.46. The first kappa shape index (κ1) is 22.7. The number of amides is 4. The molecule has 3 aromatic carbocycles. The first-order valence-electron chi connectivity index (χ1n) is 10.6. The Kier molecular flexibility index (Phi) is 6.68. The number of rotatable bonds is 7. The van der Waals surface area contributed by atoms with E-state index in [1.54, 1.807) is 73.7 Å². The molecule has 1 aliphatic heterocycles. The van der Waals surface area contributed by atoms with Crippen LogP contribution >= 0.6 is 0 Å². The number of barbiturate groups is 1. The van der Waals surface area contributed by atoms with Crippen molar-refractivity contribution in [1.82, 2.24) is 5.32 Å². The fourth-order valence-electron chi connectivity index (χ4n) is 3.41. The molecule has 0 atom stereocenters. The van der Waals surface area contributed by atoms with Crippen molar-refractivity contribution in [3.8, 4) is 11.5 Å². The maximum absolute atomic E-state index is 13.9. The average molecular weight is 460 g/mol. The minimum atomic E-state index is -0.815. The number of benzene rings is 3. The maximum Gasteiger partial charge on any atom is 0.335 e. The van der Waals surface area contributed by atoms with Crippen molar-refractivity contribution in [2.24, 2.45) is 0 Å². The van der Waals surface area contributed by atoms with E-state index in [0.29, 0.717) is 34.9 Å². The van der Waals surface area contributed by atoms with Gasteiger partial charge in [0.05, 0.1) is 12.3 Å². The fourth-order valence-corrected chi connectivity index (χ4v) is 3.41. The second-order valence-electron chi connectivity index (χ2n) is 7.31. The molecule has 7 nitrogen and oxygen atoms in total. The molecule has 3 aromatic rings. The van der Waals surface area contributed by atoms with Crippen LogP contribution in [-0.4, -0.2) is 24.5 Å². The van der Waals surface area contributed by atoms with Crippen LogP contribution in [0, 0.1) is 5.82 Å². The van der Waals surface area contributed by atoms with E-state index < -0.39 is 17.8 Å². The fraction of sp³-hybridized carbons (Fsp3) is 0.115. The van der Waals surface area contributed by atoms with Crippen LogP contribution in [0.5, 0.6) is 11.5 Å². The molecule has 34 heavy (non-hydrogen) atoms. The predicted octanol–water partition coefficient (Wildman–Crippen LogP) is 4.47. The summed E-state index contributed by atoms with van der Waals surface area (Å²) in [6.07, 6.45) is 1.38. The number of nitrogens with one attached hydrogen (secondary N) is 1. The number of para-hydroxylation sites is 1. The zero-order valence-corrected chi connectivity index (χ0v) is 18.3. The lowest BCUT2D eigenvalue weighted by atomic mass is 10.1. The molecule has 1 heterocycles. The molecule has 4 rings (SSSR count). The summed E-state index contributed by atoms with van der Waals surface area (Å²) in [6, 6.07) is 18.7. The highest BCUT2D eigenvalue weighted by Gasteiger charge is 2.36. The van der Waals surface area contributed by atoms with Gasteiger partial charge in [0.15, 0.2) is 11.5 Å². The van der Waals surface area contributed by atoms with Gasteiger partial charge >= 0.3 is 6.03 Å². The van der Waals surface area contributed by atoms with Crippen LogP contribution in [0.2, 0.25) is 0 Å². The van der Waals surface area contributed by atoms with Gasteiger partial charge in [-0.25, -0.2) is 14.1 Å². The standard InChI is InChI=1S/C26H21FN2O5/c1-2-33-23-15-17(12-13-22(23)34-16-18-8-6-7-11-21(18)27)14-20-24(30)28-26(32)29(25(20)31)19-9-4-3-5-10-19/h3-15H,2,16H2,1H3,(H,28,30,32)/b20-14+. The summed E-state index contributed by atoms with van der Waals surface area (Å²) >= 11 is 0. The van der Waals surface area contributed by atoms with Crippen LogP contribution in [0.1, 0.15) is 18.1 Å². The van der Waals surface area contributed by atoms with Crippen molar-refractivity contribution in [3.05, 3.63) is 95.3 Å². The molecule has 1 fully saturated rings. The molecule has 0 unspecified atom stereocenters. The van der Waals surface area contributed by atoms with Gasteiger partial charge in [-0.1, -0.05) is 42.5 Å². The van der Waals surface area contributed by atoms with E-state index in [2.05, 4.69) is 5.32 Å². The number of imide groups is 2. The van der Waals surface area contributed by atoms with Gasteiger partial charge < -0.3 is 9.47 Å². The van der Waals surface area contributed by atoms with Crippen LogP contribution < -0.4 is 19.7 Å². The number of ether oxygens (including phenoxy) is 2. The minimum absolute atomic E-state index is 0.00220. The van der Waals surface area contributed by atoms with Crippen molar-refractivity contribution in [2.75, 3.05) is 11.5 Å². The van der Waals surface area contributed by atoms with E-state index in [9.17, 15) is 18.8 Å². The highest BCUT2D eigenvalue weighted by Crippen LogP contribution is 2.31. The lowest BCUT2D eigenvalue weighted by molar-refractivity contribution is -0.122. The average Bonchev–Trinajstić information content (AvgIpc) is 2.83. The molecule has 0 radical (unpaired) electrons. The Morgan fingerprint density at radius 2 is 1.65 bits per heavy atom. The Balaban J connectivity index is 1.61. The van der Waals surface area contributed by atoms with E-state index >= 15 is 0 Å². The molecule has 0 bridgehead atoms. The van der Waals surface area contributed by atoms with Crippen molar-refractivity contribution in [3.63, 3.8) is 0 Å². The first-order valence-corrected chi connectivity index (χ1v) is 10.6. The van der Waals surface area contributed by atoms with Gasteiger partial charge in [0, 0.05) is 5.56 Å². The SMILES string of the molecule is CCOc1cc(/C=C2\C(=O)NC(=O)N(c3ccccc3)C2=O)ccc1OCc1ccccc1F. The first-order chi connectivity index (χ1) is 16.5. The highest BCUT2D eigenvalue weighted by atomic mass is 19.1. The van der Waals surface area contributed by atoms with E-state index in [-0.39, 0.29) is 18.0 Å². The smallest absolute Gasteiger partial charge is 0.335 e. The predicted molar refractivity (Wildman–Crippen MR) is 124 cm³/mol. The summed E-state index contributed by atoms with van der Waals surface area (Å²) < 4.78 is 25.3. The van der Waals surface area contributed by atoms with Crippen LogP contribution in [-0.2, 0) is 16.2 Å². The van der Waals surface area contributed by atoms with Crippen molar-refractivity contribution in [2.45, 2.75) is 13.5 Å². The maximum atomic E-state index is 13.9. The molecule has 172 valence electrons. The topological polar surface area (TPSA) is 84.9 Å². The van der Waals surface area contributed by atoms with Gasteiger partial charge in [-0.15, -0.1) is 0 Å². The third kappa shape index (κ3) is 4.80. The van der Waals surface area contributed by atoms with Gasteiger partial charge in [0.25, 0.3) is 11.8 Å². The van der Waals surface area contributed by atoms with Crippen LogP contribution in [0.4, 0.5) is 14.9 Å². The van der Waals surface area contributed by atoms with Crippen molar-refractivity contribution < 1.29 is 28.2 Å². The summed E-state index contributed by atoms with van der Waals surface area (Å²) in [5.74, 6) is -1.15. The second kappa shape index (κ2) is 9.99. The minimum Gasteiger partial charge on any atom is -0.490 e. The Morgan fingerprint density at radius 1 is 0.912 bits per heavy atom. The van der Waals surface area contributed by atoms with E-state index in [4.69, 9.17) is 9.47 Å². The number of carbonyl (C=O) groups is 3. The molecule has 0 aliphatic carbocycles. The third-order valence-electron chi connectivity index (χ3n) is 5.04. The number of carbonyl (C=O) groups excluding carboxylic acids is 3. The van der Waals surface area contributed by atoms with Gasteiger partial charge in [-0.3, -0.25) is 14.9 Å². The molecule has 1 aliphatic rings. The number of hydrogen-bond donors (Lipinski definition) is 1. The lowest BCUT2D eigenvalue weighted by Crippen LogP contribution is -2.54. The number of hydrogen-bond acceptors (Lipinski definition) is 5. The van der Waals surface area contributed by atoms with E-state index in [1.807, 2.05) is 0 Å². The van der Waals surface area contributed by atoms with Gasteiger partial charge in [0.1, 0.15) is 18.0 Å². The monoisotopic (exact) mass is 460 g/mol. The quantitative estimate of drug-likeness (QED) is 0.415. The highest BCUT2D eigenvalue weighted by molar-refractivity contribution is 6.39. The van der Waals surface area contributed by atoms with Gasteiger partial charge in [-0.05, 0) is 48.9 Å². The van der Waals surface area contributed by atoms with Crippen molar-refractivity contribution >= 4 is 29.6 Å². The number of anilines is 1. The lowest BCUT2D eigenvalue weighted by Gasteiger charge is -2.26. The number of urea groups is 1. The molecule has 0 spiro atoms. The summed E-state index contributed by atoms with van der Waals surface area (Å²) in [7, 11) is 0.